The summed E-state index contributed by atoms with van der Waals surface area (Å²) in [7, 11) is 0. The number of nitrogens with two attached hydrogens (primary N) is 2. The first-order chi connectivity index (χ1) is 16.2. The molecule has 0 bridgehead atoms. The molecule has 11 heteroatoms. The number of halogens is 1. The first kappa shape index (κ1) is 22.2. The zero-order valence-electron chi connectivity index (χ0n) is 18.2. The van der Waals surface area contributed by atoms with Gasteiger partial charge in [0.1, 0.15) is 35.2 Å². The van der Waals surface area contributed by atoms with Crippen molar-refractivity contribution in [2.45, 2.75) is 19.9 Å². The van der Waals surface area contributed by atoms with Crippen LogP contribution in [0.2, 0.25) is 0 Å². The number of hydrogen-bond donors (Lipinski definition) is 3. The fourth-order valence-electron chi connectivity index (χ4n) is 3.71. The van der Waals surface area contributed by atoms with Gasteiger partial charge in [-0.25, -0.2) is 9.37 Å². The first-order valence-electron chi connectivity index (χ1n) is 10.1. The highest BCUT2D eigenvalue weighted by atomic mass is 19.1. The molecule has 0 saturated carbocycles. The van der Waals surface area contributed by atoms with Crippen molar-refractivity contribution in [2.24, 2.45) is 0 Å². The molecule has 10 nitrogen and oxygen atoms in total. The predicted octanol–water partition coefficient (Wildman–Crippen LogP) is 2.70. The lowest BCUT2D eigenvalue weighted by molar-refractivity contribution is 0.623. The molecule has 168 valence electrons. The molecule has 0 aliphatic carbocycles. The number of anilines is 3. The smallest absolute Gasteiger partial charge is 0.267 e. The molecule has 2 aromatic carbocycles. The molecular formula is C23H18FN9O. The summed E-state index contributed by atoms with van der Waals surface area (Å²) in [4.78, 5) is 26.1. The second kappa shape index (κ2) is 8.48. The van der Waals surface area contributed by atoms with Crippen molar-refractivity contribution in [1.82, 2.24) is 19.5 Å². The Kier molecular flexibility index (Phi) is 5.53. The number of benzene rings is 2. The average Bonchev–Trinajstić information content (AvgIpc) is 2.77. The summed E-state index contributed by atoms with van der Waals surface area (Å²) in [5, 5.41) is 22.1. The molecule has 4 aromatic rings. The molecule has 0 fully saturated rings. The lowest BCUT2D eigenvalue weighted by atomic mass is 10.1. The fourth-order valence-corrected chi connectivity index (χ4v) is 3.71. The van der Waals surface area contributed by atoms with Crippen LogP contribution in [0, 0.1) is 35.4 Å². The van der Waals surface area contributed by atoms with Crippen molar-refractivity contribution >= 4 is 28.5 Å². The van der Waals surface area contributed by atoms with Gasteiger partial charge in [-0.1, -0.05) is 6.07 Å². The van der Waals surface area contributed by atoms with E-state index in [4.69, 9.17) is 11.5 Å². The van der Waals surface area contributed by atoms with Crippen LogP contribution in [0.4, 0.5) is 22.0 Å². The Hall–Kier alpha value is -5.03. The van der Waals surface area contributed by atoms with Gasteiger partial charge in [-0.3, -0.25) is 9.36 Å². The highest BCUT2D eigenvalue weighted by Gasteiger charge is 2.22. The minimum Gasteiger partial charge on any atom is -0.382 e. The van der Waals surface area contributed by atoms with Gasteiger partial charge in [0.2, 0.25) is 5.95 Å². The number of aryl methyl sites for hydroxylation is 1. The van der Waals surface area contributed by atoms with Crippen molar-refractivity contribution in [2.75, 3.05) is 16.8 Å². The van der Waals surface area contributed by atoms with E-state index < -0.39 is 17.4 Å². The van der Waals surface area contributed by atoms with Gasteiger partial charge >= 0.3 is 0 Å². The molecule has 5 N–H and O–H groups in total. The third-order valence-corrected chi connectivity index (χ3v) is 5.14. The standard InChI is InChI=1S/C23H18FN9O/c1-11-6-14(24)8-15(7-11)33-21(30-17-5-3-4-13(9-25)18(17)22(33)34)12(2)29-20-16(10-26)19(27)31-23(28)32-20/h3-8,12H,1-2H3,(H5,27,28,29,31,32). The number of nitrogen functional groups attached to an aromatic ring is 2. The Morgan fingerprint density at radius 1 is 1.12 bits per heavy atom. The summed E-state index contributed by atoms with van der Waals surface area (Å²) in [5.74, 6) is -0.535. The van der Waals surface area contributed by atoms with Gasteiger partial charge in [0, 0.05) is 0 Å². The largest absolute Gasteiger partial charge is 0.382 e. The van der Waals surface area contributed by atoms with Crippen LogP contribution in [0.25, 0.3) is 16.6 Å². The van der Waals surface area contributed by atoms with Crippen molar-refractivity contribution in [3.05, 3.63) is 75.1 Å². The Bertz CT molecular complexity index is 1580. The topological polar surface area (TPSA) is 172 Å². The third kappa shape index (κ3) is 3.82. The molecule has 4 rings (SSSR count). The third-order valence-electron chi connectivity index (χ3n) is 5.14. The quantitative estimate of drug-likeness (QED) is 0.418. The van der Waals surface area contributed by atoms with Crippen molar-refractivity contribution in [3.63, 3.8) is 0 Å². The first-order valence-corrected chi connectivity index (χ1v) is 10.1. The Morgan fingerprint density at radius 2 is 1.88 bits per heavy atom. The number of fused-ring (bicyclic) bond motifs is 1. The second-order valence-corrected chi connectivity index (χ2v) is 7.58. The maximum atomic E-state index is 14.3. The Morgan fingerprint density at radius 3 is 2.56 bits per heavy atom. The van der Waals surface area contributed by atoms with E-state index in [0.717, 1.165) is 0 Å². The van der Waals surface area contributed by atoms with Crippen LogP contribution in [-0.2, 0) is 0 Å². The maximum absolute atomic E-state index is 14.3. The molecule has 0 amide bonds. The summed E-state index contributed by atoms with van der Waals surface area (Å²) >= 11 is 0. The van der Waals surface area contributed by atoms with E-state index in [-0.39, 0.29) is 45.6 Å². The highest BCUT2D eigenvalue weighted by molar-refractivity contribution is 5.84. The van der Waals surface area contributed by atoms with Crippen molar-refractivity contribution in [3.8, 4) is 17.8 Å². The van der Waals surface area contributed by atoms with Crippen LogP contribution in [0.15, 0.2) is 41.2 Å². The number of rotatable bonds is 4. The van der Waals surface area contributed by atoms with E-state index in [1.807, 2.05) is 12.1 Å². The van der Waals surface area contributed by atoms with Crippen LogP contribution >= 0.6 is 0 Å². The van der Waals surface area contributed by atoms with Crippen LogP contribution < -0.4 is 22.3 Å². The minimum absolute atomic E-state index is 0.0240. The molecule has 0 radical (unpaired) electrons. The summed E-state index contributed by atoms with van der Waals surface area (Å²) < 4.78 is 15.5. The molecule has 0 aliphatic heterocycles. The monoisotopic (exact) mass is 455 g/mol. The molecule has 2 aromatic heterocycles. The van der Waals surface area contributed by atoms with E-state index >= 15 is 0 Å². The van der Waals surface area contributed by atoms with Crippen LogP contribution in [0.5, 0.6) is 0 Å². The van der Waals surface area contributed by atoms with E-state index in [2.05, 4.69) is 20.3 Å². The Balaban J connectivity index is 2.00. The van der Waals surface area contributed by atoms with Crippen molar-refractivity contribution in [1.29, 1.82) is 10.5 Å². The van der Waals surface area contributed by atoms with E-state index in [1.165, 1.54) is 22.8 Å². The number of aromatic nitrogens is 4. The molecule has 0 spiro atoms. The van der Waals surface area contributed by atoms with Gasteiger partial charge in [-0.05, 0) is 49.7 Å². The fraction of sp³-hybridized carbons (Fsp3) is 0.130. The number of nitriles is 2. The number of nitrogens with zero attached hydrogens (tertiary/aromatic N) is 6. The molecule has 0 aliphatic rings. The van der Waals surface area contributed by atoms with Gasteiger partial charge in [-0.15, -0.1) is 0 Å². The van der Waals surface area contributed by atoms with Gasteiger partial charge in [0.25, 0.3) is 5.56 Å². The van der Waals surface area contributed by atoms with Gasteiger partial charge < -0.3 is 16.8 Å². The maximum Gasteiger partial charge on any atom is 0.267 e. The van der Waals surface area contributed by atoms with Gasteiger partial charge in [-0.2, -0.15) is 20.5 Å². The molecule has 0 saturated heterocycles. The SMILES string of the molecule is Cc1cc(F)cc(-n2c(C(C)Nc3nc(N)nc(N)c3C#N)nc3cccc(C#N)c3c2=O)c1. The van der Waals surface area contributed by atoms with Gasteiger partial charge in [0.15, 0.2) is 5.82 Å². The molecule has 1 atom stereocenters. The van der Waals surface area contributed by atoms with Crippen LogP contribution in [0.3, 0.4) is 0 Å². The van der Waals surface area contributed by atoms with E-state index in [1.54, 1.807) is 32.0 Å². The predicted molar refractivity (Wildman–Crippen MR) is 124 cm³/mol. The molecule has 34 heavy (non-hydrogen) atoms. The normalized spacial score (nSPS) is 11.6. The number of hydrogen-bond acceptors (Lipinski definition) is 9. The Labute approximate surface area is 192 Å². The summed E-state index contributed by atoms with van der Waals surface area (Å²) in [6, 6.07) is 12.1. The average molecular weight is 455 g/mol. The molecular weight excluding hydrogens is 437 g/mol. The van der Waals surface area contributed by atoms with Gasteiger partial charge in [0.05, 0.1) is 28.2 Å². The summed E-state index contributed by atoms with van der Waals surface area (Å²) in [6.45, 7) is 3.37. The lowest BCUT2D eigenvalue weighted by Gasteiger charge is -2.21. The minimum atomic E-state index is -0.729. The van der Waals surface area contributed by atoms with E-state index in [9.17, 15) is 19.7 Å². The number of nitrogens with one attached hydrogen (secondary N) is 1. The summed E-state index contributed by atoms with van der Waals surface area (Å²) in [5.41, 5.74) is 12.2. The highest BCUT2D eigenvalue weighted by Crippen LogP contribution is 2.26. The molecule has 1 unspecified atom stereocenters. The zero-order valence-corrected chi connectivity index (χ0v) is 18.2. The van der Waals surface area contributed by atoms with E-state index in [0.29, 0.717) is 11.1 Å². The summed E-state index contributed by atoms with van der Waals surface area (Å²) in [6.07, 6.45) is 0. The second-order valence-electron chi connectivity index (χ2n) is 7.58. The zero-order chi connectivity index (χ0) is 24.6. The van der Waals surface area contributed by atoms with Crippen LogP contribution in [-0.4, -0.2) is 19.5 Å². The molecule has 2 heterocycles. The van der Waals surface area contributed by atoms with Crippen molar-refractivity contribution < 1.29 is 4.39 Å². The van der Waals surface area contributed by atoms with Crippen LogP contribution in [0.1, 0.15) is 35.5 Å². The lowest BCUT2D eigenvalue weighted by Crippen LogP contribution is -2.28.